The van der Waals surface area contributed by atoms with Crippen molar-refractivity contribution in [1.82, 2.24) is 0 Å². The Morgan fingerprint density at radius 2 is 0.569 bits per heavy atom. The minimum atomic E-state index is -0.804. The highest BCUT2D eigenvalue weighted by atomic mass is 16.6. The van der Waals surface area contributed by atoms with E-state index in [1.165, 1.54) is 135 Å². The van der Waals surface area contributed by atoms with E-state index in [4.69, 9.17) is 14.2 Å². The molecule has 0 spiro atoms. The van der Waals surface area contributed by atoms with Gasteiger partial charge in [-0.2, -0.15) is 0 Å². The molecule has 0 aromatic carbocycles. The van der Waals surface area contributed by atoms with Gasteiger partial charge in [-0.1, -0.05) is 209 Å². The van der Waals surface area contributed by atoms with Crippen molar-refractivity contribution in [3.63, 3.8) is 0 Å². The molecule has 0 bridgehead atoms. The number of ether oxygens (including phenoxy) is 3. The number of allylic oxidation sites excluding steroid dienone is 12. The van der Waals surface area contributed by atoms with Gasteiger partial charge in [-0.05, 0) is 109 Å². The molecule has 0 aliphatic rings. The maximum Gasteiger partial charge on any atom is 0.306 e. The zero-order valence-corrected chi connectivity index (χ0v) is 42.7. The summed E-state index contributed by atoms with van der Waals surface area (Å²) in [6, 6.07) is 0. The Kier molecular flexibility index (Phi) is 50.9. The highest BCUT2D eigenvalue weighted by Gasteiger charge is 2.19. The Morgan fingerprint density at radius 1 is 0.308 bits per heavy atom. The lowest BCUT2D eigenvalue weighted by molar-refractivity contribution is -0.167. The average molecular weight is 907 g/mol. The summed E-state index contributed by atoms with van der Waals surface area (Å²) in [5, 5.41) is 0. The second kappa shape index (κ2) is 53.5. The Balaban J connectivity index is 4.49. The van der Waals surface area contributed by atoms with E-state index >= 15 is 0 Å². The summed E-state index contributed by atoms with van der Waals surface area (Å²) in [7, 11) is 0. The highest BCUT2D eigenvalue weighted by molar-refractivity contribution is 5.71. The molecule has 1 atom stereocenters. The smallest absolute Gasteiger partial charge is 0.306 e. The standard InChI is InChI=1S/C59H102O6/c1-4-7-10-13-16-19-22-25-28-29-32-34-37-40-43-46-49-52-58(61)64-55-56(65-59(62)53-50-47-44-41-38-35-31-27-24-21-18-15-12-9-6-3)54-63-57(60)51-48-45-42-39-36-33-30-26-23-20-17-14-11-8-5-2/h16,19,25-28,30-32,34,40,43,56H,4-15,17-18,20-24,29,33,35-39,41-42,44-55H2,1-3H3. The molecule has 6 nitrogen and oxygen atoms in total. The fourth-order valence-electron chi connectivity index (χ4n) is 7.48. The fraction of sp³-hybridized carbons (Fsp3) is 0.746. The third kappa shape index (κ3) is 51.7. The zero-order valence-electron chi connectivity index (χ0n) is 42.7. The van der Waals surface area contributed by atoms with Crippen molar-refractivity contribution < 1.29 is 28.6 Å². The molecule has 0 aromatic rings. The van der Waals surface area contributed by atoms with Crippen LogP contribution in [0.15, 0.2) is 72.9 Å². The molecule has 374 valence electrons. The van der Waals surface area contributed by atoms with Crippen molar-refractivity contribution in [2.45, 2.75) is 271 Å². The van der Waals surface area contributed by atoms with Gasteiger partial charge in [-0.15, -0.1) is 0 Å². The molecule has 0 rings (SSSR count). The third-order valence-corrected chi connectivity index (χ3v) is 11.7. The van der Waals surface area contributed by atoms with Crippen LogP contribution < -0.4 is 0 Å². The Labute approximate surface area is 402 Å². The molecule has 0 heterocycles. The van der Waals surface area contributed by atoms with Crippen LogP contribution in [-0.2, 0) is 28.6 Å². The number of carbonyl (C=O) groups is 3. The van der Waals surface area contributed by atoms with Gasteiger partial charge in [0.15, 0.2) is 6.10 Å². The first kappa shape index (κ1) is 61.9. The van der Waals surface area contributed by atoms with Crippen molar-refractivity contribution in [3.05, 3.63) is 72.9 Å². The van der Waals surface area contributed by atoms with Crippen LogP contribution in [0.3, 0.4) is 0 Å². The molecule has 6 heteroatoms. The molecule has 0 saturated carbocycles. The van der Waals surface area contributed by atoms with Crippen LogP contribution in [0.1, 0.15) is 265 Å². The number of unbranched alkanes of at least 4 members (excludes halogenated alkanes) is 26. The summed E-state index contributed by atoms with van der Waals surface area (Å²) < 4.78 is 16.8. The molecule has 0 amide bonds. The molecule has 0 aromatic heterocycles. The minimum Gasteiger partial charge on any atom is -0.462 e. The average Bonchev–Trinajstić information content (AvgIpc) is 3.30. The van der Waals surface area contributed by atoms with E-state index in [-0.39, 0.29) is 37.5 Å². The molecule has 0 N–H and O–H groups in total. The molecule has 65 heavy (non-hydrogen) atoms. The molecule has 0 aliphatic carbocycles. The lowest BCUT2D eigenvalue weighted by atomic mass is 10.1. The van der Waals surface area contributed by atoms with Gasteiger partial charge >= 0.3 is 17.9 Å². The molecule has 0 aliphatic heterocycles. The summed E-state index contributed by atoms with van der Waals surface area (Å²) in [6.07, 6.45) is 67.4. The summed E-state index contributed by atoms with van der Waals surface area (Å²) in [4.78, 5) is 38.0. The second-order valence-corrected chi connectivity index (χ2v) is 18.1. The van der Waals surface area contributed by atoms with E-state index in [0.717, 1.165) is 83.5 Å². The summed E-state index contributed by atoms with van der Waals surface area (Å²) >= 11 is 0. The number of esters is 3. The molecule has 1 unspecified atom stereocenters. The summed E-state index contributed by atoms with van der Waals surface area (Å²) in [6.45, 7) is 6.55. The zero-order chi connectivity index (χ0) is 47.2. The number of hydrogen-bond acceptors (Lipinski definition) is 6. The maximum absolute atomic E-state index is 12.8. The van der Waals surface area contributed by atoms with Gasteiger partial charge in [0, 0.05) is 19.3 Å². The summed E-state index contributed by atoms with van der Waals surface area (Å²) in [5.74, 6) is -0.970. The van der Waals surface area contributed by atoms with Crippen LogP contribution in [0.2, 0.25) is 0 Å². The van der Waals surface area contributed by atoms with Crippen molar-refractivity contribution in [3.8, 4) is 0 Å². The Hall–Kier alpha value is -3.15. The van der Waals surface area contributed by atoms with E-state index in [9.17, 15) is 14.4 Å². The van der Waals surface area contributed by atoms with Gasteiger partial charge < -0.3 is 14.2 Å². The van der Waals surface area contributed by atoms with Crippen LogP contribution in [0, 0.1) is 0 Å². The van der Waals surface area contributed by atoms with Crippen molar-refractivity contribution in [2.24, 2.45) is 0 Å². The third-order valence-electron chi connectivity index (χ3n) is 11.7. The molecular weight excluding hydrogens is 805 g/mol. The maximum atomic E-state index is 12.8. The molecule has 0 fully saturated rings. The number of carbonyl (C=O) groups excluding carboxylic acids is 3. The predicted molar refractivity (Wildman–Crippen MR) is 279 cm³/mol. The predicted octanol–water partition coefficient (Wildman–Crippen LogP) is 18.2. The molecule has 0 radical (unpaired) electrons. The van der Waals surface area contributed by atoms with Gasteiger partial charge in [0.1, 0.15) is 13.2 Å². The van der Waals surface area contributed by atoms with Crippen LogP contribution in [0.25, 0.3) is 0 Å². The lowest BCUT2D eigenvalue weighted by Gasteiger charge is -2.18. The van der Waals surface area contributed by atoms with Gasteiger partial charge in [-0.3, -0.25) is 14.4 Å². The number of hydrogen-bond donors (Lipinski definition) is 0. The first-order valence-electron chi connectivity index (χ1n) is 27.4. The number of rotatable bonds is 49. The topological polar surface area (TPSA) is 78.9 Å². The van der Waals surface area contributed by atoms with E-state index in [2.05, 4.69) is 93.7 Å². The normalized spacial score (nSPS) is 12.6. The quantitative estimate of drug-likeness (QED) is 0.0262. The first-order chi connectivity index (χ1) is 32.0. The summed E-state index contributed by atoms with van der Waals surface area (Å²) in [5.41, 5.74) is 0. The Bertz CT molecular complexity index is 1230. The van der Waals surface area contributed by atoms with Crippen LogP contribution >= 0.6 is 0 Å². The van der Waals surface area contributed by atoms with Crippen molar-refractivity contribution in [2.75, 3.05) is 13.2 Å². The minimum absolute atomic E-state index is 0.0997. The SMILES string of the molecule is CCCCCC=CCC=CCC=CCC=CCCCC(=O)OCC(COC(=O)CCCCCCCC=CCCCCCCCC)OC(=O)CCCCCCCC=CCCCCCCCC. The van der Waals surface area contributed by atoms with Crippen molar-refractivity contribution >= 4 is 17.9 Å². The highest BCUT2D eigenvalue weighted by Crippen LogP contribution is 2.14. The fourth-order valence-corrected chi connectivity index (χ4v) is 7.48. The van der Waals surface area contributed by atoms with Crippen molar-refractivity contribution in [1.29, 1.82) is 0 Å². The van der Waals surface area contributed by atoms with E-state index in [1.54, 1.807) is 0 Å². The van der Waals surface area contributed by atoms with Crippen LogP contribution in [-0.4, -0.2) is 37.2 Å². The monoisotopic (exact) mass is 907 g/mol. The van der Waals surface area contributed by atoms with E-state index in [1.807, 2.05) is 0 Å². The lowest BCUT2D eigenvalue weighted by Crippen LogP contribution is -2.30. The van der Waals surface area contributed by atoms with Gasteiger partial charge in [0.05, 0.1) is 0 Å². The second-order valence-electron chi connectivity index (χ2n) is 18.1. The van der Waals surface area contributed by atoms with Gasteiger partial charge in [0.25, 0.3) is 0 Å². The van der Waals surface area contributed by atoms with Crippen LogP contribution in [0.4, 0.5) is 0 Å². The first-order valence-corrected chi connectivity index (χ1v) is 27.4. The van der Waals surface area contributed by atoms with Crippen LogP contribution in [0.5, 0.6) is 0 Å². The van der Waals surface area contributed by atoms with Gasteiger partial charge in [0.2, 0.25) is 0 Å². The van der Waals surface area contributed by atoms with E-state index < -0.39 is 6.10 Å². The Morgan fingerprint density at radius 3 is 0.969 bits per heavy atom. The molecular formula is C59H102O6. The van der Waals surface area contributed by atoms with E-state index in [0.29, 0.717) is 19.3 Å². The largest absolute Gasteiger partial charge is 0.462 e. The van der Waals surface area contributed by atoms with Gasteiger partial charge in [-0.25, -0.2) is 0 Å². The molecule has 0 saturated heterocycles.